The minimum absolute atomic E-state index is 0. The summed E-state index contributed by atoms with van der Waals surface area (Å²) < 4.78 is 0. The molecular formula is C27H31NS. The smallest absolute Gasteiger partial charge is 0.0278 e. The molecule has 0 atom stereocenters. The Labute approximate surface area is 180 Å². The molecule has 2 aromatic carbocycles. The predicted octanol–water partition coefficient (Wildman–Crippen LogP) is 7.73. The molecule has 0 saturated heterocycles. The largest absolute Gasteiger partial charge is 0.265 e. The summed E-state index contributed by atoms with van der Waals surface area (Å²) in [6, 6.07) is 21.2. The molecule has 1 aromatic heterocycles. The first-order valence-electron chi connectivity index (χ1n) is 9.63. The van der Waals surface area contributed by atoms with Gasteiger partial charge < -0.3 is 0 Å². The molecule has 0 saturated carbocycles. The summed E-state index contributed by atoms with van der Waals surface area (Å²) in [5.41, 5.74) is 8.66. The molecule has 1 nitrogen and oxygen atoms in total. The summed E-state index contributed by atoms with van der Waals surface area (Å²) in [5.74, 6) is 0. The topological polar surface area (TPSA) is 12.9 Å². The number of hydrogen-bond donors (Lipinski definition) is 0. The Balaban J connectivity index is 0.000000154. The van der Waals surface area contributed by atoms with E-state index in [2.05, 4.69) is 85.8 Å². The molecule has 150 valence electrons. The van der Waals surface area contributed by atoms with Crippen LogP contribution in [-0.2, 0) is 12.8 Å². The van der Waals surface area contributed by atoms with Crippen LogP contribution in [-0.4, -0.2) is 11.2 Å². The van der Waals surface area contributed by atoms with E-state index < -0.39 is 0 Å². The van der Waals surface area contributed by atoms with Crippen LogP contribution in [0, 0.1) is 0 Å². The van der Waals surface area contributed by atoms with E-state index in [0.717, 1.165) is 12.8 Å². The van der Waals surface area contributed by atoms with Crippen molar-refractivity contribution in [3.05, 3.63) is 107 Å². The van der Waals surface area contributed by atoms with Crippen LogP contribution in [0.15, 0.2) is 90.1 Å². The quantitative estimate of drug-likeness (QED) is 0.387. The summed E-state index contributed by atoms with van der Waals surface area (Å²) in [6.45, 7) is 4.34. The predicted molar refractivity (Wildman–Crippen MR) is 130 cm³/mol. The van der Waals surface area contributed by atoms with Gasteiger partial charge in [0.05, 0.1) is 0 Å². The van der Waals surface area contributed by atoms with Crippen molar-refractivity contribution in [2.75, 3.05) is 6.26 Å². The van der Waals surface area contributed by atoms with Crippen LogP contribution in [0.4, 0.5) is 0 Å². The number of fused-ring (bicyclic) bond motifs is 2. The average Bonchev–Trinajstić information content (AvgIpc) is 3.33. The summed E-state index contributed by atoms with van der Waals surface area (Å²) in [4.78, 5) is 5.14. The molecule has 0 N–H and O–H groups in total. The van der Waals surface area contributed by atoms with E-state index in [1.165, 1.54) is 38.3 Å². The standard InChI is InChI=1S/2C10H10.C6H7NS.CH4/c2*1-8-6-7-9-4-2-3-5-10(8)9;1-8-6-2-4-7-5-3-6;/h2*2-6H,7H2,1H3;2-5H,1H3;1H4. The number of thioether (sulfide) groups is 1. The van der Waals surface area contributed by atoms with E-state index in [-0.39, 0.29) is 7.43 Å². The van der Waals surface area contributed by atoms with Crippen LogP contribution < -0.4 is 0 Å². The normalized spacial score (nSPS) is 12.7. The number of allylic oxidation sites excluding steroid dienone is 4. The van der Waals surface area contributed by atoms with Gasteiger partial charge in [-0.05, 0) is 78.5 Å². The lowest BCUT2D eigenvalue weighted by atomic mass is 10.1. The van der Waals surface area contributed by atoms with E-state index >= 15 is 0 Å². The summed E-state index contributed by atoms with van der Waals surface area (Å²) >= 11 is 1.73. The molecule has 5 rings (SSSR count). The molecule has 0 fully saturated rings. The van der Waals surface area contributed by atoms with Crippen molar-refractivity contribution in [3.8, 4) is 0 Å². The molecule has 1 heterocycles. The van der Waals surface area contributed by atoms with Crippen LogP contribution in [0.3, 0.4) is 0 Å². The van der Waals surface area contributed by atoms with E-state index in [1.807, 2.05) is 12.1 Å². The molecule has 0 bridgehead atoms. The van der Waals surface area contributed by atoms with Gasteiger partial charge in [-0.2, -0.15) is 0 Å². The van der Waals surface area contributed by atoms with Crippen LogP contribution in [0.1, 0.15) is 43.5 Å². The van der Waals surface area contributed by atoms with Crippen LogP contribution in [0.25, 0.3) is 11.1 Å². The van der Waals surface area contributed by atoms with Gasteiger partial charge in [0.25, 0.3) is 0 Å². The SMILES string of the molecule is C.CC1=CCc2ccccc21.CC1=CCc2ccccc21.CSc1ccncc1. The molecule has 2 aliphatic rings. The summed E-state index contributed by atoms with van der Waals surface area (Å²) in [6.07, 6.45) is 12.5. The third kappa shape index (κ3) is 6.20. The van der Waals surface area contributed by atoms with Crippen molar-refractivity contribution in [2.45, 2.75) is 39.0 Å². The van der Waals surface area contributed by atoms with E-state index in [9.17, 15) is 0 Å². The lowest BCUT2D eigenvalue weighted by molar-refractivity contribution is 1.27. The molecule has 0 unspecified atom stereocenters. The third-order valence-electron chi connectivity index (χ3n) is 5.03. The second kappa shape index (κ2) is 11.4. The zero-order valence-electron chi connectivity index (χ0n) is 16.9. The highest BCUT2D eigenvalue weighted by atomic mass is 32.2. The van der Waals surface area contributed by atoms with E-state index in [0.29, 0.717) is 0 Å². The maximum absolute atomic E-state index is 3.88. The van der Waals surface area contributed by atoms with E-state index in [1.54, 1.807) is 24.2 Å². The second-order valence-electron chi connectivity index (χ2n) is 6.88. The van der Waals surface area contributed by atoms with Crippen molar-refractivity contribution in [2.24, 2.45) is 0 Å². The van der Waals surface area contributed by atoms with Crippen LogP contribution in [0.5, 0.6) is 0 Å². The van der Waals surface area contributed by atoms with Crippen molar-refractivity contribution >= 4 is 22.9 Å². The maximum Gasteiger partial charge on any atom is 0.0278 e. The molecule has 2 aliphatic carbocycles. The summed E-state index contributed by atoms with van der Waals surface area (Å²) in [7, 11) is 0. The zero-order chi connectivity index (χ0) is 19.8. The first-order chi connectivity index (χ1) is 13.7. The fourth-order valence-electron chi connectivity index (χ4n) is 3.39. The highest BCUT2D eigenvalue weighted by Crippen LogP contribution is 2.26. The van der Waals surface area contributed by atoms with Gasteiger partial charge in [-0.25, -0.2) is 0 Å². The molecule has 0 amide bonds. The Morgan fingerprint density at radius 2 is 1.14 bits per heavy atom. The Kier molecular flexibility index (Phi) is 8.95. The molecule has 29 heavy (non-hydrogen) atoms. The Hall–Kier alpha value is -2.58. The monoisotopic (exact) mass is 401 g/mol. The maximum atomic E-state index is 3.88. The van der Waals surface area contributed by atoms with Gasteiger partial charge in [0.2, 0.25) is 0 Å². The lowest BCUT2D eigenvalue weighted by Gasteiger charge is -1.97. The van der Waals surface area contributed by atoms with Crippen LogP contribution in [0.2, 0.25) is 0 Å². The van der Waals surface area contributed by atoms with Gasteiger partial charge in [-0.1, -0.05) is 68.1 Å². The number of hydrogen-bond acceptors (Lipinski definition) is 2. The first-order valence-corrected chi connectivity index (χ1v) is 10.9. The minimum Gasteiger partial charge on any atom is -0.265 e. The Bertz CT molecular complexity index is 909. The molecule has 2 heteroatoms. The molecule has 0 aliphatic heterocycles. The van der Waals surface area contributed by atoms with E-state index in [4.69, 9.17) is 0 Å². The average molecular weight is 402 g/mol. The number of nitrogens with zero attached hydrogens (tertiary/aromatic N) is 1. The van der Waals surface area contributed by atoms with Gasteiger partial charge in [0.1, 0.15) is 0 Å². The van der Waals surface area contributed by atoms with Crippen molar-refractivity contribution in [3.63, 3.8) is 0 Å². The van der Waals surface area contributed by atoms with Gasteiger partial charge in [-0.3, -0.25) is 4.98 Å². The van der Waals surface area contributed by atoms with Gasteiger partial charge in [-0.15, -0.1) is 11.8 Å². The fraction of sp³-hybridized carbons (Fsp3) is 0.222. The van der Waals surface area contributed by atoms with Crippen LogP contribution >= 0.6 is 11.8 Å². The highest BCUT2D eigenvalue weighted by Gasteiger charge is 2.08. The number of benzene rings is 2. The van der Waals surface area contributed by atoms with Crippen molar-refractivity contribution < 1.29 is 0 Å². The highest BCUT2D eigenvalue weighted by molar-refractivity contribution is 7.98. The molecular weight excluding hydrogens is 370 g/mol. The fourth-order valence-corrected chi connectivity index (χ4v) is 3.78. The number of aromatic nitrogens is 1. The number of rotatable bonds is 1. The molecule has 0 radical (unpaired) electrons. The van der Waals surface area contributed by atoms with Gasteiger partial charge >= 0.3 is 0 Å². The van der Waals surface area contributed by atoms with Gasteiger partial charge in [0.15, 0.2) is 0 Å². The number of pyridine rings is 1. The first kappa shape index (κ1) is 22.7. The molecule has 3 aromatic rings. The summed E-state index contributed by atoms with van der Waals surface area (Å²) in [5, 5.41) is 0. The second-order valence-corrected chi connectivity index (χ2v) is 7.76. The van der Waals surface area contributed by atoms with Crippen molar-refractivity contribution in [1.29, 1.82) is 0 Å². The molecule has 0 spiro atoms. The Morgan fingerprint density at radius 1 is 0.690 bits per heavy atom. The van der Waals surface area contributed by atoms with Crippen molar-refractivity contribution in [1.82, 2.24) is 4.98 Å². The third-order valence-corrected chi connectivity index (χ3v) is 5.77. The zero-order valence-corrected chi connectivity index (χ0v) is 17.7. The Morgan fingerprint density at radius 3 is 1.52 bits per heavy atom. The lowest BCUT2D eigenvalue weighted by Crippen LogP contribution is -1.79. The van der Waals surface area contributed by atoms with Gasteiger partial charge in [0, 0.05) is 17.3 Å². The minimum atomic E-state index is 0.